The van der Waals surface area contributed by atoms with Gasteiger partial charge in [0.1, 0.15) is 4.90 Å². The maximum absolute atomic E-state index is 14.3. The van der Waals surface area contributed by atoms with Gasteiger partial charge in [0.2, 0.25) is 10.0 Å². The van der Waals surface area contributed by atoms with Crippen molar-refractivity contribution >= 4 is 37.2 Å². The lowest BCUT2D eigenvalue weighted by Gasteiger charge is -2.36. The van der Waals surface area contributed by atoms with E-state index in [1.807, 2.05) is 35.2 Å². The number of alkyl halides is 3. The Labute approximate surface area is 225 Å². The normalized spacial score (nSPS) is 15.4. The molecule has 2 aromatic rings. The number of piperazine rings is 1. The molecule has 1 heterocycles. The van der Waals surface area contributed by atoms with Gasteiger partial charge in [-0.15, -0.1) is 0 Å². The van der Waals surface area contributed by atoms with Crippen molar-refractivity contribution in [2.24, 2.45) is 0 Å². The highest BCUT2D eigenvalue weighted by Crippen LogP contribution is 2.44. The number of nitrogens with zero attached hydrogens (tertiary/aromatic N) is 4. The molecule has 1 aliphatic rings. The van der Waals surface area contributed by atoms with Gasteiger partial charge in [-0.05, 0) is 18.6 Å². The smallest absolute Gasteiger partial charge is 0.369 e. The molecule has 39 heavy (non-hydrogen) atoms. The van der Waals surface area contributed by atoms with Crippen LogP contribution in [0.5, 0.6) is 0 Å². The second kappa shape index (κ2) is 12.1. The number of non-ortho nitro benzene ring substituents is 1. The maximum atomic E-state index is 14.3. The Morgan fingerprint density at radius 3 is 2.15 bits per heavy atom. The number of halogens is 3. The number of nitro groups is 1. The molecule has 11 nitrogen and oxygen atoms in total. The number of para-hydroxylation sites is 1. The van der Waals surface area contributed by atoms with E-state index in [0.717, 1.165) is 21.1 Å². The molecule has 0 aliphatic carbocycles. The highest BCUT2D eigenvalue weighted by atomic mass is 32.2. The molecule has 216 valence electrons. The highest BCUT2D eigenvalue weighted by molar-refractivity contribution is 7.89. The predicted octanol–water partition coefficient (Wildman–Crippen LogP) is 3.32. The van der Waals surface area contributed by atoms with Crippen molar-refractivity contribution in [3.8, 4) is 0 Å². The van der Waals surface area contributed by atoms with Crippen LogP contribution in [-0.4, -0.2) is 78.2 Å². The fraction of sp³-hybridized carbons (Fsp3) is 0.478. The zero-order valence-electron chi connectivity index (χ0n) is 21.3. The van der Waals surface area contributed by atoms with Gasteiger partial charge in [0.25, 0.3) is 15.8 Å². The lowest BCUT2D eigenvalue weighted by atomic mass is 10.1. The van der Waals surface area contributed by atoms with E-state index in [0.29, 0.717) is 12.1 Å². The van der Waals surface area contributed by atoms with Crippen molar-refractivity contribution < 1.29 is 39.1 Å². The molecule has 0 spiro atoms. The van der Waals surface area contributed by atoms with Crippen LogP contribution in [-0.2, 0) is 30.5 Å². The first-order valence-corrected chi connectivity index (χ1v) is 15.2. The lowest BCUT2D eigenvalue weighted by molar-refractivity contribution is -0.385. The quantitative estimate of drug-likeness (QED) is 0.218. The summed E-state index contributed by atoms with van der Waals surface area (Å²) in [5.41, 5.74) is -2.47. The average Bonchev–Trinajstić information content (AvgIpc) is 2.86. The van der Waals surface area contributed by atoms with Crippen LogP contribution in [0.2, 0.25) is 0 Å². The second-order valence-corrected chi connectivity index (χ2v) is 12.4. The first-order valence-electron chi connectivity index (χ1n) is 11.9. The second-order valence-electron chi connectivity index (χ2n) is 8.83. The van der Waals surface area contributed by atoms with E-state index in [4.69, 9.17) is 0 Å². The van der Waals surface area contributed by atoms with E-state index in [9.17, 15) is 40.1 Å². The van der Waals surface area contributed by atoms with Crippen molar-refractivity contribution in [3.63, 3.8) is 0 Å². The SMILES string of the molecule is CCCN(CCOS(C)(=O)=O)c1c(C(F)(F)F)cc([N+](=O)[O-])cc1S(=O)(=O)N1CCN(c2ccccc2)CC1. The summed E-state index contributed by atoms with van der Waals surface area (Å²) >= 11 is 0. The molecule has 2 aromatic carbocycles. The van der Waals surface area contributed by atoms with Gasteiger partial charge in [0, 0.05) is 57.1 Å². The Hall–Kier alpha value is -2.95. The third-order valence-corrected chi connectivity index (χ3v) is 8.53. The fourth-order valence-corrected chi connectivity index (χ4v) is 6.36. The van der Waals surface area contributed by atoms with Crippen molar-refractivity contribution in [2.75, 3.05) is 61.9 Å². The molecule has 0 amide bonds. The molecule has 0 aromatic heterocycles. The molecular weight excluding hydrogens is 565 g/mol. The van der Waals surface area contributed by atoms with Crippen molar-refractivity contribution in [3.05, 3.63) is 58.1 Å². The van der Waals surface area contributed by atoms with Crippen LogP contribution in [0.25, 0.3) is 0 Å². The van der Waals surface area contributed by atoms with Gasteiger partial charge in [-0.25, -0.2) is 8.42 Å². The lowest BCUT2D eigenvalue weighted by Crippen LogP contribution is -2.49. The van der Waals surface area contributed by atoms with Crippen LogP contribution in [0, 0.1) is 10.1 Å². The van der Waals surface area contributed by atoms with Gasteiger partial charge >= 0.3 is 6.18 Å². The van der Waals surface area contributed by atoms with Crippen molar-refractivity contribution in [2.45, 2.75) is 24.4 Å². The molecule has 1 fully saturated rings. The number of hydrogen-bond donors (Lipinski definition) is 0. The molecule has 1 saturated heterocycles. The number of sulfonamides is 1. The van der Waals surface area contributed by atoms with E-state index in [1.54, 1.807) is 6.92 Å². The molecule has 0 N–H and O–H groups in total. The summed E-state index contributed by atoms with van der Waals surface area (Å²) in [7, 11) is -8.58. The Morgan fingerprint density at radius 2 is 1.64 bits per heavy atom. The molecule has 0 unspecified atom stereocenters. The van der Waals surface area contributed by atoms with Gasteiger partial charge in [-0.2, -0.15) is 25.9 Å². The molecule has 1 aliphatic heterocycles. The van der Waals surface area contributed by atoms with Crippen molar-refractivity contribution in [1.82, 2.24) is 4.31 Å². The van der Waals surface area contributed by atoms with Gasteiger partial charge < -0.3 is 9.80 Å². The molecular formula is C23H29F3N4O7S2. The molecule has 16 heteroatoms. The topological polar surface area (TPSA) is 130 Å². The summed E-state index contributed by atoms with van der Waals surface area (Å²) in [4.78, 5) is 12.6. The minimum Gasteiger partial charge on any atom is -0.369 e. The Bertz CT molecular complexity index is 1380. The van der Waals surface area contributed by atoms with E-state index in [1.165, 1.54) is 0 Å². The summed E-state index contributed by atoms with van der Waals surface area (Å²) in [6.07, 6.45) is -4.11. The standard InChI is InChI=1S/C23H29F3N4O7S2/c1-3-9-28(14-15-37-38(2,33)34)22-20(23(24,25)26)16-19(30(31)32)17-21(22)39(35,36)29-12-10-27(11-13-29)18-7-5-4-6-8-18/h4-8,16-17H,3,9-15H2,1-2H3. The average molecular weight is 595 g/mol. The summed E-state index contributed by atoms with van der Waals surface area (Å²) < 4.78 is 98.9. The third kappa shape index (κ3) is 7.58. The first-order chi connectivity index (χ1) is 18.1. The molecule has 0 radical (unpaired) electrons. The highest BCUT2D eigenvalue weighted by Gasteiger charge is 2.42. The third-order valence-electron chi connectivity index (χ3n) is 6.02. The van der Waals surface area contributed by atoms with E-state index in [-0.39, 0.29) is 39.1 Å². The summed E-state index contributed by atoms with van der Waals surface area (Å²) in [6.45, 7) is 0.950. The van der Waals surface area contributed by atoms with Crippen LogP contribution in [0.1, 0.15) is 18.9 Å². The van der Waals surface area contributed by atoms with E-state index >= 15 is 0 Å². The molecule has 0 bridgehead atoms. The van der Waals surface area contributed by atoms with E-state index in [2.05, 4.69) is 4.18 Å². The molecule has 0 atom stereocenters. The zero-order valence-corrected chi connectivity index (χ0v) is 22.9. The Kier molecular flexibility index (Phi) is 9.46. The molecule has 0 saturated carbocycles. The monoisotopic (exact) mass is 594 g/mol. The number of nitro benzene ring substituents is 1. The van der Waals surface area contributed by atoms with Gasteiger partial charge in [0.15, 0.2) is 0 Å². The van der Waals surface area contributed by atoms with Crippen LogP contribution < -0.4 is 9.80 Å². The van der Waals surface area contributed by atoms with Crippen LogP contribution >= 0.6 is 0 Å². The summed E-state index contributed by atoms with van der Waals surface area (Å²) in [5.74, 6) is 0. The van der Waals surface area contributed by atoms with E-state index < -0.39 is 66.2 Å². The molecule has 3 rings (SSSR count). The number of benzene rings is 2. The number of anilines is 2. The van der Waals surface area contributed by atoms with Crippen LogP contribution in [0.4, 0.5) is 30.2 Å². The zero-order chi connectivity index (χ0) is 29.0. The number of hydrogen-bond acceptors (Lipinski definition) is 9. The van der Waals surface area contributed by atoms with Gasteiger partial charge in [-0.3, -0.25) is 14.3 Å². The van der Waals surface area contributed by atoms with Crippen LogP contribution in [0.15, 0.2) is 47.4 Å². The van der Waals surface area contributed by atoms with Gasteiger partial charge in [0.05, 0.1) is 29.0 Å². The van der Waals surface area contributed by atoms with Gasteiger partial charge in [-0.1, -0.05) is 25.1 Å². The van der Waals surface area contributed by atoms with Crippen LogP contribution in [0.3, 0.4) is 0 Å². The minimum absolute atomic E-state index is 0.0638. The maximum Gasteiger partial charge on any atom is 0.418 e. The minimum atomic E-state index is -5.15. The summed E-state index contributed by atoms with van der Waals surface area (Å²) in [6, 6.07) is 10.1. The van der Waals surface area contributed by atoms with Crippen molar-refractivity contribution in [1.29, 1.82) is 0 Å². The summed E-state index contributed by atoms with van der Waals surface area (Å²) in [5, 5.41) is 11.5. The number of rotatable bonds is 11. The fourth-order valence-electron chi connectivity index (χ4n) is 4.31. The predicted molar refractivity (Wildman–Crippen MR) is 139 cm³/mol. The largest absolute Gasteiger partial charge is 0.418 e. The Morgan fingerprint density at radius 1 is 1.03 bits per heavy atom. The Balaban J connectivity index is 2.10. The first kappa shape index (κ1) is 30.6.